The Balaban J connectivity index is 1.20. The van der Waals surface area contributed by atoms with Crippen molar-refractivity contribution in [3.8, 4) is 0 Å². The van der Waals surface area contributed by atoms with Crippen molar-refractivity contribution in [3.63, 3.8) is 0 Å². The molecule has 5 unspecified atom stereocenters. The standard InChI is InChI=1S/C38H61NO9/c1-21(2)22-11-16-38(33(44)45)18-17-36(6)23(29(22)38)9-10-26-35(5)14-13-27(34(3,4)25(35)12-15-37(26,36)7)48-28(41)19-39(46-8)32-31(43)30(42)24(40)20-47-32/h22-27,29-32,40,42-43H,1,9-20H2,2-8H3,(H,44,45)/t22-,23?,24+,25?,26?,27-,29?,30+,31-,32?,35-,36+,37+,38-/m0/s1. The zero-order valence-corrected chi connectivity index (χ0v) is 30.2. The van der Waals surface area contributed by atoms with E-state index in [0.717, 1.165) is 69.8 Å². The smallest absolute Gasteiger partial charge is 0.323 e. The van der Waals surface area contributed by atoms with Gasteiger partial charge in [0.15, 0.2) is 6.23 Å². The van der Waals surface area contributed by atoms with Gasteiger partial charge in [-0.2, -0.15) is 0 Å². The predicted molar refractivity (Wildman–Crippen MR) is 178 cm³/mol. The van der Waals surface area contributed by atoms with Gasteiger partial charge in [0.1, 0.15) is 31.0 Å². The molecule has 6 aliphatic rings. The maximum atomic E-state index is 13.4. The summed E-state index contributed by atoms with van der Waals surface area (Å²) in [4.78, 5) is 31.7. The Morgan fingerprint density at radius 3 is 2.23 bits per heavy atom. The van der Waals surface area contributed by atoms with Gasteiger partial charge < -0.3 is 29.9 Å². The van der Waals surface area contributed by atoms with Crippen LogP contribution in [0.1, 0.15) is 106 Å². The summed E-state index contributed by atoms with van der Waals surface area (Å²) in [5, 5.41) is 42.3. The highest BCUT2D eigenvalue weighted by Crippen LogP contribution is 2.77. The molecule has 6 fully saturated rings. The molecule has 272 valence electrons. The van der Waals surface area contributed by atoms with Crippen LogP contribution in [0.25, 0.3) is 0 Å². The minimum Gasteiger partial charge on any atom is -0.481 e. The fraction of sp³-hybridized carbons (Fsp3) is 0.895. The molecule has 5 aliphatic carbocycles. The predicted octanol–water partition coefficient (Wildman–Crippen LogP) is 4.94. The Morgan fingerprint density at radius 2 is 1.58 bits per heavy atom. The Bertz CT molecular complexity index is 1290. The number of ether oxygens (including phenoxy) is 2. The number of aliphatic hydroxyl groups is 3. The molecule has 14 atom stereocenters. The van der Waals surface area contributed by atoms with Gasteiger partial charge in [-0.25, -0.2) is 0 Å². The van der Waals surface area contributed by atoms with Gasteiger partial charge in [0.25, 0.3) is 0 Å². The molecule has 0 spiro atoms. The third-order valence-corrected chi connectivity index (χ3v) is 16.0. The lowest BCUT2D eigenvalue weighted by Gasteiger charge is -2.72. The van der Waals surface area contributed by atoms with Crippen LogP contribution in [0.15, 0.2) is 12.2 Å². The number of hydrogen-bond donors (Lipinski definition) is 4. The maximum Gasteiger partial charge on any atom is 0.323 e. The first kappa shape index (κ1) is 36.2. The first-order chi connectivity index (χ1) is 22.4. The molecular weight excluding hydrogens is 614 g/mol. The van der Waals surface area contributed by atoms with E-state index in [4.69, 9.17) is 14.3 Å². The van der Waals surface area contributed by atoms with Gasteiger partial charge in [-0.1, -0.05) is 46.8 Å². The molecule has 0 bridgehead atoms. The van der Waals surface area contributed by atoms with Crippen molar-refractivity contribution in [2.45, 2.75) is 136 Å². The summed E-state index contributed by atoms with van der Waals surface area (Å²) < 4.78 is 11.7. The first-order valence-corrected chi connectivity index (χ1v) is 18.4. The molecule has 1 aliphatic heterocycles. The lowest BCUT2D eigenvalue weighted by atomic mass is 9.32. The lowest BCUT2D eigenvalue weighted by Crippen LogP contribution is -2.67. The molecule has 48 heavy (non-hydrogen) atoms. The number of allylic oxidation sites excluding steroid dienone is 1. The minimum absolute atomic E-state index is 0.0536. The number of fused-ring (bicyclic) bond motifs is 7. The maximum absolute atomic E-state index is 13.4. The topological polar surface area (TPSA) is 146 Å². The summed E-state index contributed by atoms with van der Waals surface area (Å²) >= 11 is 0. The Morgan fingerprint density at radius 1 is 0.875 bits per heavy atom. The number of aliphatic hydroxyl groups excluding tert-OH is 3. The second-order valence-electron chi connectivity index (χ2n) is 18.0. The molecule has 0 radical (unpaired) electrons. The number of carbonyl (C=O) groups excluding carboxylic acids is 1. The van der Waals surface area contributed by atoms with Crippen LogP contribution in [0.2, 0.25) is 0 Å². The van der Waals surface area contributed by atoms with Crippen LogP contribution in [-0.2, 0) is 23.9 Å². The van der Waals surface area contributed by atoms with Crippen LogP contribution < -0.4 is 0 Å². The summed E-state index contributed by atoms with van der Waals surface area (Å²) in [7, 11) is 1.37. The van der Waals surface area contributed by atoms with Crippen molar-refractivity contribution in [2.75, 3.05) is 20.3 Å². The van der Waals surface area contributed by atoms with Gasteiger partial charge in [0.2, 0.25) is 0 Å². The number of hydroxylamine groups is 2. The fourth-order valence-electron chi connectivity index (χ4n) is 13.3. The van der Waals surface area contributed by atoms with E-state index >= 15 is 0 Å². The summed E-state index contributed by atoms with van der Waals surface area (Å²) in [6, 6.07) is 0. The zero-order chi connectivity index (χ0) is 35.2. The molecule has 5 saturated carbocycles. The van der Waals surface area contributed by atoms with E-state index < -0.39 is 41.9 Å². The van der Waals surface area contributed by atoms with Gasteiger partial charge in [-0.05, 0) is 117 Å². The number of carboxylic acids is 1. The third-order valence-electron chi connectivity index (χ3n) is 16.0. The highest BCUT2D eigenvalue weighted by Gasteiger charge is 2.72. The van der Waals surface area contributed by atoms with Gasteiger partial charge >= 0.3 is 11.9 Å². The van der Waals surface area contributed by atoms with Crippen molar-refractivity contribution in [1.29, 1.82) is 0 Å². The molecule has 10 heteroatoms. The minimum atomic E-state index is -1.45. The van der Waals surface area contributed by atoms with Gasteiger partial charge in [-0.3, -0.25) is 14.4 Å². The van der Waals surface area contributed by atoms with Gasteiger partial charge in [-0.15, -0.1) is 5.06 Å². The number of esters is 1. The van der Waals surface area contributed by atoms with Crippen LogP contribution in [0.4, 0.5) is 0 Å². The molecule has 0 aromatic carbocycles. The average molecular weight is 676 g/mol. The van der Waals surface area contributed by atoms with Crippen LogP contribution in [0.5, 0.6) is 0 Å². The van der Waals surface area contributed by atoms with E-state index in [1.54, 1.807) is 0 Å². The summed E-state index contributed by atoms with van der Waals surface area (Å²) in [6.45, 7) is 18.0. The summed E-state index contributed by atoms with van der Waals surface area (Å²) in [6.07, 6.45) is 3.94. The fourth-order valence-corrected chi connectivity index (χ4v) is 13.3. The number of hydrogen-bond acceptors (Lipinski definition) is 9. The zero-order valence-electron chi connectivity index (χ0n) is 30.2. The second-order valence-corrected chi connectivity index (χ2v) is 18.0. The molecule has 10 nitrogen and oxygen atoms in total. The van der Waals surface area contributed by atoms with Crippen LogP contribution in [-0.4, -0.2) is 88.3 Å². The Hall–Kier alpha value is -1.56. The van der Waals surface area contributed by atoms with Crippen molar-refractivity contribution >= 4 is 11.9 Å². The quantitative estimate of drug-likeness (QED) is 0.166. The molecule has 1 heterocycles. The molecule has 4 N–H and O–H groups in total. The summed E-state index contributed by atoms with van der Waals surface area (Å²) in [5.74, 6) is 0.572. The average Bonchev–Trinajstić information content (AvgIpc) is 3.42. The number of carbonyl (C=O) groups is 2. The third kappa shape index (κ3) is 5.08. The van der Waals surface area contributed by atoms with Gasteiger partial charge in [0, 0.05) is 5.41 Å². The van der Waals surface area contributed by atoms with Crippen molar-refractivity contribution in [2.24, 2.45) is 56.7 Å². The van der Waals surface area contributed by atoms with E-state index in [9.17, 15) is 30.0 Å². The van der Waals surface area contributed by atoms with Crippen LogP contribution in [0, 0.1) is 56.7 Å². The van der Waals surface area contributed by atoms with E-state index in [-0.39, 0.29) is 52.8 Å². The van der Waals surface area contributed by atoms with Crippen LogP contribution >= 0.6 is 0 Å². The van der Waals surface area contributed by atoms with Crippen molar-refractivity contribution in [3.05, 3.63) is 12.2 Å². The number of aliphatic carboxylic acids is 1. The second kappa shape index (κ2) is 12.3. The van der Waals surface area contributed by atoms with E-state index in [1.165, 1.54) is 12.2 Å². The molecule has 0 aromatic heterocycles. The SMILES string of the molecule is C=C(C)[C@@H]1CC[C@]2(C(=O)O)CC[C@]3(C)C(CCC4[C@@]5(C)CC[C@H](OC(=O)CN(OC)C6OC[C@@H](O)[C@@H](O)[C@@H]6O)C(C)(C)C5CC[C@]43C)C12. The van der Waals surface area contributed by atoms with E-state index in [2.05, 4.69) is 48.1 Å². The molecule has 0 aromatic rings. The van der Waals surface area contributed by atoms with Crippen LogP contribution in [0.3, 0.4) is 0 Å². The number of carboxylic acid groups (broad SMARTS) is 1. The molecule has 1 saturated heterocycles. The van der Waals surface area contributed by atoms with E-state index in [1.807, 2.05) is 0 Å². The highest BCUT2D eigenvalue weighted by atomic mass is 16.7. The largest absolute Gasteiger partial charge is 0.481 e. The number of nitrogens with zero attached hydrogens (tertiary/aromatic N) is 1. The molecule has 6 rings (SSSR count). The van der Waals surface area contributed by atoms with Crippen molar-refractivity contribution in [1.82, 2.24) is 5.06 Å². The molecular formula is C38H61NO9. The van der Waals surface area contributed by atoms with E-state index in [0.29, 0.717) is 17.8 Å². The van der Waals surface area contributed by atoms with Gasteiger partial charge in [0.05, 0.1) is 19.1 Å². The van der Waals surface area contributed by atoms with Crippen molar-refractivity contribution < 1.29 is 44.3 Å². The number of rotatable bonds is 7. The summed E-state index contributed by atoms with van der Waals surface area (Å²) in [5.41, 5.74) is 0.458. The monoisotopic (exact) mass is 675 g/mol. The Kier molecular flexibility index (Phi) is 9.28. The Labute approximate surface area is 286 Å². The lowest BCUT2D eigenvalue weighted by molar-refractivity contribution is -0.305. The normalized spacial score (nSPS) is 49.6. The highest BCUT2D eigenvalue weighted by molar-refractivity contribution is 5.76. The first-order valence-electron chi connectivity index (χ1n) is 18.4. The molecule has 0 amide bonds.